The lowest BCUT2D eigenvalue weighted by atomic mass is 10.2. The van der Waals surface area contributed by atoms with Crippen molar-refractivity contribution in [3.8, 4) is 17.1 Å². The van der Waals surface area contributed by atoms with E-state index < -0.39 is 0 Å². The van der Waals surface area contributed by atoms with Gasteiger partial charge in [-0.2, -0.15) is 5.10 Å². The van der Waals surface area contributed by atoms with Crippen LogP contribution in [0.15, 0.2) is 30.6 Å². The molecular weight excluding hydrogens is 344 g/mol. The number of hydrogen-bond donors (Lipinski definition) is 2. The Labute approximate surface area is 155 Å². The molecule has 1 aromatic carbocycles. The largest absolute Gasteiger partial charge is 0.506 e. The van der Waals surface area contributed by atoms with E-state index in [0.29, 0.717) is 46.2 Å². The first-order chi connectivity index (χ1) is 12.9. The first-order valence-electron chi connectivity index (χ1n) is 8.70. The van der Waals surface area contributed by atoms with Crippen LogP contribution in [-0.4, -0.2) is 35.3 Å². The summed E-state index contributed by atoms with van der Waals surface area (Å²) in [6.45, 7) is 6.27. The third-order valence-corrected chi connectivity index (χ3v) is 4.46. The maximum absolute atomic E-state index is 12.4. The molecule has 8 heteroatoms. The van der Waals surface area contributed by atoms with Gasteiger partial charge in [0.2, 0.25) is 5.91 Å². The molecule has 0 spiro atoms. The molecule has 3 aromatic heterocycles. The van der Waals surface area contributed by atoms with Crippen LogP contribution in [0.2, 0.25) is 0 Å². The van der Waals surface area contributed by atoms with Crippen molar-refractivity contribution < 1.29 is 9.90 Å². The van der Waals surface area contributed by atoms with Crippen LogP contribution in [0.4, 0.5) is 5.82 Å². The van der Waals surface area contributed by atoms with Crippen molar-refractivity contribution in [3.63, 3.8) is 0 Å². The zero-order valence-electron chi connectivity index (χ0n) is 15.3. The van der Waals surface area contributed by atoms with E-state index in [0.717, 1.165) is 5.39 Å². The molecule has 0 aliphatic rings. The molecular formula is C19H20N6O2. The van der Waals surface area contributed by atoms with Crippen LogP contribution >= 0.6 is 0 Å². The molecule has 27 heavy (non-hydrogen) atoms. The molecule has 138 valence electrons. The quantitative estimate of drug-likeness (QED) is 0.578. The van der Waals surface area contributed by atoms with E-state index in [-0.39, 0.29) is 11.7 Å². The van der Waals surface area contributed by atoms with E-state index in [1.165, 1.54) is 17.8 Å². The highest BCUT2D eigenvalue weighted by Gasteiger charge is 2.23. The summed E-state index contributed by atoms with van der Waals surface area (Å²) in [6, 6.07) is 6.95. The fraction of sp³-hybridized carbons (Fsp3) is 0.263. The average molecular weight is 364 g/mol. The molecule has 0 fully saturated rings. The first kappa shape index (κ1) is 17.0. The Kier molecular flexibility index (Phi) is 3.83. The molecule has 0 saturated heterocycles. The van der Waals surface area contributed by atoms with Crippen molar-refractivity contribution in [2.45, 2.75) is 27.3 Å². The average Bonchev–Trinajstić information content (AvgIpc) is 3.15. The zero-order valence-corrected chi connectivity index (χ0v) is 15.3. The lowest BCUT2D eigenvalue weighted by molar-refractivity contribution is 0.0943. The molecule has 0 saturated carbocycles. The second-order valence-corrected chi connectivity index (χ2v) is 6.98. The number of nitrogens with zero attached hydrogens (tertiary/aromatic N) is 5. The van der Waals surface area contributed by atoms with Crippen LogP contribution in [0.5, 0.6) is 5.75 Å². The van der Waals surface area contributed by atoms with E-state index in [4.69, 9.17) is 10.8 Å². The van der Waals surface area contributed by atoms with Gasteiger partial charge in [-0.1, -0.05) is 26.0 Å². The highest BCUT2D eigenvalue weighted by molar-refractivity contribution is 6.05. The molecule has 4 aromatic rings. The van der Waals surface area contributed by atoms with Crippen molar-refractivity contribution in [2.75, 3.05) is 5.73 Å². The summed E-state index contributed by atoms with van der Waals surface area (Å²) in [7, 11) is 0. The van der Waals surface area contributed by atoms with Crippen LogP contribution in [0.1, 0.15) is 25.6 Å². The van der Waals surface area contributed by atoms with E-state index >= 15 is 0 Å². The van der Waals surface area contributed by atoms with E-state index in [9.17, 15) is 9.90 Å². The number of nitrogen functional groups attached to an aromatic ring is 1. The Morgan fingerprint density at radius 2 is 2.07 bits per heavy atom. The van der Waals surface area contributed by atoms with Crippen molar-refractivity contribution in [2.24, 2.45) is 5.92 Å². The smallest absolute Gasteiger partial charge is 0.228 e. The summed E-state index contributed by atoms with van der Waals surface area (Å²) in [4.78, 5) is 20.9. The second kappa shape index (κ2) is 6.08. The molecule has 0 unspecified atom stereocenters. The minimum Gasteiger partial charge on any atom is -0.506 e. The van der Waals surface area contributed by atoms with Crippen LogP contribution in [0, 0.1) is 5.92 Å². The van der Waals surface area contributed by atoms with Gasteiger partial charge in [0.25, 0.3) is 0 Å². The number of phenols is 1. The van der Waals surface area contributed by atoms with Crippen molar-refractivity contribution in [1.29, 1.82) is 0 Å². The van der Waals surface area contributed by atoms with E-state index in [1.54, 1.807) is 16.8 Å². The molecule has 3 N–H and O–H groups in total. The van der Waals surface area contributed by atoms with Crippen molar-refractivity contribution >= 4 is 33.7 Å². The first-order valence-corrected chi connectivity index (χ1v) is 8.70. The van der Waals surface area contributed by atoms with Crippen LogP contribution in [0.3, 0.4) is 0 Å². The molecule has 0 bridgehead atoms. The number of rotatable bonds is 3. The molecule has 8 nitrogen and oxygen atoms in total. The van der Waals surface area contributed by atoms with Gasteiger partial charge in [0.05, 0.1) is 16.6 Å². The van der Waals surface area contributed by atoms with Crippen molar-refractivity contribution in [1.82, 2.24) is 24.3 Å². The highest BCUT2D eigenvalue weighted by atomic mass is 16.3. The summed E-state index contributed by atoms with van der Waals surface area (Å²) in [6.07, 6.45) is 1.41. The number of hydrogen-bond acceptors (Lipinski definition) is 6. The van der Waals surface area contributed by atoms with Gasteiger partial charge >= 0.3 is 0 Å². The Morgan fingerprint density at radius 1 is 1.30 bits per heavy atom. The van der Waals surface area contributed by atoms with Gasteiger partial charge in [-0.05, 0) is 18.1 Å². The number of anilines is 1. The number of carbonyl (C=O) groups is 1. The van der Waals surface area contributed by atoms with Gasteiger partial charge in [-0.3, -0.25) is 9.36 Å². The number of phenolic OH excluding ortho intramolecular Hbond substituents is 1. The molecule has 0 atom stereocenters. The van der Waals surface area contributed by atoms with Crippen LogP contribution < -0.4 is 5.73 Å². The standard InChI is InChI=1S/C19H20N6O2/c1-10(2)8-24-19-15(18(20)21-9-22-19)16(23-24)13-7-12-5-4-6-14(27)17(12)25(13)11(3)26/h4-7,9-10,27H,8H2,1-3H3,(H2,20,21,22). The Hall–Kier alpha value is -3.42. The van der Waals surface area contributed by atoms with Gasteiger partial charge in [0.15, 0.2) is 5.65 Å². The molecule has 3 heterocycles. The predicted molar refractivity (Wildman–Crippen MR) is 103 cm³/mol. The monoisotopic (exact) mass is 364 g/mol. The highest BCUT2D eigenvalue weighted by Crippen LogP contribution is 2.36. The number of aromatic nitrogens is 5. The third-order valence-electron chi connectivity index (χ3n) is 4.46. The lowest BCUT2D eigenvalue weighted by Crippen LogP contribution is -2.09. The van der Waals surface area contributed by atoms with Gasteiger partial charge in [0, 0.05) is 18.9 Å². The Bertz CT molecular complexity index is 1190. The topological polar surface area (TPSA) is 112 Å². The lowest BCUT2D eigenvalue weighted by Gasteiger charge is -2.06. The van der Waals surface area contributed by atoms with Crippen molar-refractivity contribution in [3.05, 3.63) is 30.6 Å². The van der Waals surface area contributed by atoms with Crippen LogP contribution in [-0.2, 0) is 6.54 Å². The summed E-state index contributed by atoms with van der Waals surface area (Å²) in [5.41, 5.74) is 8.28. The third kappa shape index (κ3) is 2.61. The number of aromatic hydroxyl groups is 1. The Balaban J connectivity index is 2.11. The maximum Gasteiger partial charge on any atom is 0.228 e. The molecule has 0 aliphatic carbocycles. The molecule has 0 amide bonds. The number of para-hydroxylation sites is 1. The summed E-state index contributed by atoms with van der Waals surface area (Å²) < 4.78 is 3.24. The van der Waals surface area contributed by atoms with Gasteiger partial charge in [-0.15, -0.1) is 0 Å². The van der Waals surface area contributed by atoms with E-state index in [2.05, 4.69) is 23.8 Å². The minimum atomic E-state index is -0.233. The van der Waals surface area contributed by atoms with E-state index in [1.807, 2.05) is 12.1 Å². The van der Waals surface area contributed by atoms with Gasteiger partial charge in [0.1, 0.15) is 23.6 Å². The predicted octanol–water partition coefficient (Wildman–Crippen LogP) is 3.05. The second-order valence-electron chi connectivity index (χ2n) is 6.98. The zero-order chi connectivity index (χ0) is 19.3. The number of carbonyl (C=O) groups excluding carboxylic acids is 1. The molecule has 0 aliphatic heterocycles. The number of nitrogens with two attached hydrogens (primary N) is 1. The van der Waals surface area contributed by atoms with Gasteiger partial charge < -0.3 is 10.8 Å². The minimum absolute atomic E-state index is 0.0316. The maximum atomic E-state index is 12.4. The summed E-state index contributed by atoms with van der Waals surface area (Å²) >= 11 is 0. The number of benzene rings is 1. The fourth-order valence-electron chi connectivity index (χ4n) is 3.43. The molecule has 0 radical (unpaired) electrons. The Morgan fingerprint density at radius 3 is 2.78 bits per heavy atom. The summed E-state index contributed by atoms with van der Waals surface area (Å²) in [5.74, 6) is 0.446. The summed E-state index contributed by atoms with van der Waals surface area (Å²) in [5, 5.41) is 16.4. The van der Waals surface area contributed by atoms with Crippen LogP contribution in [0.25, 0.3) is 33.3 Å². The van der Waals surface area contributed by atoms with Gasteiger partial charge in [-0.25, -0.2) is 14.6 Å². The SMILES string of the molecule is CC(=O)n1c(-c2nn(CC(C)C)c3ncnc(N)c23)cc2cccc(O)c21. The normalized spacial score (nSPS) is 11.7. The number of fused-ring (bicyclic) bond motifs is 2. The fourth-order valence-corrected chi connectivity index (χ4v) is 3.43. The molecule has 4 rings (SSSR count).